The van der Waals surface area contributed by atoms with Crippen LogP contribution in [-0.2, 0) is 9.47 Å². The molecule has 0 N–H and O–H groups in total. The highest BCUT2D eigenvalue weighted by Gasteiger charge is 2.21. The van der Waals surface area contributed by atoms with Gasteiger partial charge in [-0.25, -0.2) is 4.39 Å². The van der Waals surface area contributed by atoms with E-state index in [9.17, 15) is 4.39 Å². The standard InChI is InChI=1S/C9H8FIO2/c10-7-3-1-2-6(8(7)11)9-12-4-5-13-9/h1-3,9H,4-5H2. The fourth-order valence-corrected chi connectivity index (χ4v) is 1.85. The molecular formula is C9H8FIO2. The first kappa shape index (κ1) is 9.36. The maximum absolute atomic E-state index is 13.1. The van der Waals surface area contributed by atoms with E-state index in [2.05, 4.69) is 0 Å². The van der Waals surface area contributed by atoms with Crippen LogP contribution in [0.5, 0.6) is 0 Å². The molecule has 0 atom stereocenters. The molecule has 1 aliphatic rings. The van der Waals surface area contributed by atoms with Gasteiger partial charge in [-0.3, -0.25) is 0 Å². The van der Waals surface area contributed by atoms with Gasteiger partial charge < -0.3 is 9.47 Å². The van der Waals surface area contributed by atoms with Crippen molar-refractivity contribution in [1.82, 2.24) is 0 Å². The van der Waals surface area contributed by atoms with Crippen LogP contribution in [0, 0.1) is 9.39 Å². The fraction of sp³-hybridized carbons (Fsp3) is 0.333. The molecule has 1 fully saturated rings. The van der Waals surface area contributed by atoms with Gasteiger partial charge in [0.05, 0.1) is 16.8 Å². The van der Waals surface area contributed by atoms with Crippen LogP contribution in [0.15, 0.2) is 18.2 Å². The molecule has 1 saturated heterocycles. The summed E-state index contributed by atoms with van der Waals surface area (Å²) in [6, 6.07) is 4.92. The SMILES string of the molecule is Fc1cccc(C2OCCO2)c1I. The molecule has 2 nitrogen and oxygen atoms in total. The van der Waals surface area contributed by atoms with Gasteiger partial charge in [0.2, 0.25) is 0 Å². The van der Waals surface area contributed by atoms with Gasteiger partial charge in [-0.15, -0.1) is 0 Å². The normalized spacial score (nSPS) is 18.0. The van der Waals surface area contributed by atoms with Gasteiger partial charge in [0.1, 0.15) is 5.82 Å². The molecular weight excluding hydrogens is 286 g/mol. The maximum Gasteiger partial charge on any atom is 0.185 e. The zero-order valence-corrected chi connectivity index (χ0v) is 8.95. The van der Waals surface area contributed by atoms with Gasteiger partial charge in [0.25, 0.3) is 0 Å². The summed E-state index contributed by atoms with van der Waals surface area (Å²) in [5.41, 5.74) is 0.776. The molecule has 0 aromatic heterocycles. The average Bonchev–Trinajstić information content (AvgIpc) is 2.62. The van der Waals surface area contributed by atoms with Crippen LogP contribution >= 0.6 is 22.6 Å². The van der Waals surface area contributed by atoms with Gasteiger partial charge in [-0.2, -0.15) is 0 Å². The average molecular weight is 294 g/mol. The third-order valence-corrected chi connectivity index (χ3v) is 3.00. The van der Waals surface area contributed by atoms with Gasteiger partial charge >= 0.3 is 0 Å². The topological polar surface area (TPSA) is 18.5 Å². The Hall–Kier alpha value is -0.200. The number of hydrogen-bond donors (Lipinski definition) is 0. The molecule has 0 saturated carbocycles. The molecule has 1 aliphatic heterocycles. The highest BCUT2D eigenvalue weighted by molar-refractivity contribution is 14.1. The van der Waals surface area contributed by atoms with Crippen molar-refractivity contribution < 1.29 is 13.9 Å². The summed E-state index contributed by atoms with van der Waals surface area (Å²) in [4.78, 5) is 0. The Morgan fingerprint density at radius 1 is 1.31 bits per heavy atom. The minimum absolute atomic E-state index is 0.225. The Morgan fingerprint density at radius 2 is 2.00 bits per heavy atom. The van der Waals surface area contributed by atoms with E-state index in [4.69, 9.17) is 9.47 Å². The van der Waals surface area contributed by atoms with Gasteiger partial charge in [0, 0.05) is 5.56 Å². The van der Waals surface area contributed by atoms with Crippen molar-refractivity contribution in [1.29, 1.82) is 0 Å². The lowest BCUT2D eigenvalue weighted by Gasteiger charge is -2.11. The summed E-state index contributed by atoms with van der Waals surface area (Å²) < 4.78 is 24.3. The Labute approximate surface area is 89.2 Å². The summed E-state index contributed by atoms with van der Waals surface area (Å²) in [5, 5.41) is 0. The van der Waals surface area contributed by atoms with Crippen LogP contribution in [0.3, 0.4) is 0 Å². The second-order valence-electron chi connectivity index (χ2n) is 2.72. The molecule has 1 aromatic rings. The van der Waals surface area contributed by atoms with E-state index >= 15 is 0 Å². The Kier molecular flexibility index (Phi) is 2.80. The summed E-state index contributed by atoms with van der Waals surface area (Å²) in [6.45, 7) is 1.16. The second kappa shape index (κ2) is 3.89. The van der Waals surface area contributed by atoms with E-state index in [0.717, 1.165) is 5.56 Å². The van der Waals surface area contributed by atoms with E-state index < -0.39 is 0 Å². The fourth-order valence-electron chi connectivity index (χ4n) is 1.24. The monoisotopic (exact) mass is 294 g/mol. The third-order valence-electron chi connectivity index (χ3n) is 1.86. The molecule has 70 valence electrons. The van der Waals surface area contributed by atoms with E-state index in [1.807, 2.05) is 28.7 Å². The van der Waals surface area contributed by atoms with Crippen LogP contribution in [0.1, 0.15) is 11.9 Å². The Morgan fingerprint density at radius 3 is 2.69 bits per heavy atom. The van der Waals surface area contributed by atoms with Gasteiger partial charge in [0.15, 0.2) is 6.29 Å². The summed E-state index contributed by atoms with van der Waals surface area (Å²) in [5.74, 6) is -0.225. The zero-order chi connectivity index (χ0) is 9.26. The minimum Gasteiger partial charge on any atom is -0.346 e. The lowest BCUT2D eigenvalue weighted by molar-refractivity contribution is -0.0449. The van der Waals surface area contributed by atoms with Crippen molar-refractivity contribution in [3.8, 4) is 0 Å². The molecule has 0 radical (unpaired) electrons. The van der Waals surface area contributed by atoms with Crippen LogP contribution in [0.2, 0.25) is 0 Å². The maximum atomic E-state index is 13.1. The number of hydrogen-bond acceptors (Lipinski definition) is 2. The van der Waals surface area contributed by atoms with Crippen LogP contribution < -0.4 is 0 Å². The van der Waals surface area contributed by atoms with E-state index in [1.54, 1.807) is 6.07 Å². The van der Waals surface area contributed by atoms with Crippen molar-refractivity contribution in [2.45, 2.75) is 6.29 Å². The quantitative estimate of drug-likeness (QED) is 0.741. The zero-order valence-electron chi connectivity index (χ0n) is 6.80. The molecule has 0 aliphatic carbocycles. The van der Waals surface area contributed by atoms with Crippen molar-refractivity contribution in [3.05, 3.63) is 33.1 Å². The Balaban J connectivity index is 2.33. The number of ether oxygens (including phenoxy) is 2. The molecule has 13 heavy (non-hydrogen) atoms. The lowest BCUT2D eigenvalue weighted by Crippen LogP contribution is -2.02. The molecule has 2 rings (SSSR count). The molecule has 1 heterocycles. The van der Waals surface area contributed by atoms with Gasteiger partial charge in [-0.05, 0) is 28.7 Å². The van der Waals surface area contributed by atoms with Crippen molar-refractivity contribution >= 4 is 22.6 Å². The number of halogens is 2. The smallest absolute Gasteiger partial charge is 0.185 e. The van der Waals surface area contributed by atoms with Crippen molar-refractivity contribution in [2.75, 3.05) is 13.2 Å². The van der Waals surface area contributed by atoms with Crippen LogP contribution in [-0.4, -0.2) is 13.2 Å². The van der Waals surface area contributed by atoms with Crippen molar-refractivity contribution in [3.63, 3.8) is 0 Å². The van der Waals surface area contributed by atoms with Gasteiger partial charge in [-0.1, -0.05) is 12.1 Å². The predicted molar refractivity (Wildman–Crippen MR) is 53.8 cm³/mol. The third kappa shape index (κ3) is 1.84. The van der Waals surface area contributed by atoms with E-state index in [0.29, 0.717) is 16.8 Å². The molecule has 4 heteroatoms. The van der Waals surface area contributed by atoms with Crippen LogP contribution in [0.25, 0.3) is 0 Å². The molecule has 0 spiro atoms. The second-order valence-corrected chi connectivity index (χ2v) is 3.80. The molecule has 0 bridgehead atoms. The van der Waals surface area contributed by atoms with E-state index in [-0.39, 0.29) is 12.1 Å². The number of benzene rings is 1. The first-order chi connectivity index (χ1) is 6.29. The van der Waals surface area contributed by atoms with Crippen LogP contribution in [0.4, 0.5) is 4.39 Å². The first-order valence-corrected chi connectivity index (χ1v) is 5.04. The minimum atomic E-state index is -0.386. The molecule has 0 unspecified atom stereocenters. The highest BCUT2D eigenvalue weighted by Crippen LogP contribution is 2.28. The highest BCUT2D eigenvalue weighted by atomic mass is 127. The van der Waals surface area contributed by atoms with Crippen molar-refractivity contribution in [2.24, 2.45) is 0 Å². The number of rotatable bonds is 1. The summed E-state index contributed by atoms with van der Waals surface area (Å²) >= 11 is 1.96. The van der Waals surface area contributed by atoms with E-state index in [1.165, 1.54) is 6.07 Å². The lowest BCUT2D eigenvalue weighted by atomic mass is 10.2. The molecule has 0 amide bonds. The first-order valence-electron chi connectivity index (χ1n) is 3.96. The largest absolute Gasteiger partial charge is 0.346 e. The summed E-state index contributed by atoms with van der Waals surface area (Å²) in [6.07, 6.45) is -0.386. The molecule has 1 aromatic carbocycles. The Bertz CT molecular complexity index is 310. The predicted octanol–water partition coefficient (Wildman–Crippen LogP) is 2.48. The summed E-state index contributed by atoms with van der Waals surface area (Å²) in [7, 11) is 0.